The van der Waals surface area contributed by atoms with E-state index in [2.05, 4.69) is 48.2 Å². The molecule has 5 aromatic heterocycles. The van der Waals surface area contributed by atoms with Crippen molar-refractivity contribution in [1.82, 2.24) is 55.3 Å². The van der Waals surface area contributed by atoms with Crippen LogP contribution >= 0.6 is 0 Å². The maximum atomic E-state index is 12.5. The number of carbonyl (C=O) groups excluding carboxylic acids is 6. The Morgan fingerprint density at radius 3 is 1.14 bits per heavy atom. The quantitative estimate of drug-likeness (QED) is 0.0386. The molecule has 0 fully saturated rings. The molecule has 12 aromatic rings. The second-order valence-corrected chi connectivity index (χ2v) is 23.5. The van der Waals surface area contributed by atoms with Crippen molar-refractivity contribution in [2.24, 2.45) is 17.2 Å². The Labute approximate surface area is 569 Å². The van der Waals surface area contributed by atoms with Gasteiger partial charge in [-0.3, -0.25) is 33.8 Å². The van der Waals surface area contributed by atoms with Gasteiger partial charge in [-0.2, -0.15) is 20.0 Å². The fraction of sp³-hybridized carbons (Fsp3) is 0.118. The highest BCUT2D eigenvalue weighted by molar-refractivity contribution is 6.05. The molecule has 496 valence electrons. The van der Waals surface area contributed by atoms with Gasteiger partial charge >= 0.3 is 0 Å². The van der Waals surface area contributed by atoms with E-state index >= 15 is 0 Å². The first kappa shape index (κ1) is 67.1. The van der Waals surface area contributed by atoms with Gasteiger partial charge in [-0.15, -0.1) is 0 Å². The number of aryl methyl sites for hydroxylation is 3. The molecule has 0 spiro atoms. The molecule has 23 nitrogen and oxygen atoms in total. The molecule has 0 unspecified atom stereocenters. The number of carbonyl (C=O) groups is 6. The van der Waals surface area contributed by atoms with Crippen LogP contribution in [0.4, 0.5) is 17.5 Å². The van der Waals surface area contributed by atoms with E-state index in [4.69, 9.17) is 39.5 Å². The monoisotopic (exact) mass is 1320 g/mol. The third kappa shape index (κ3) is 15.1. The topological polar surface area (TPSA) is 374 Å². The van der Waals surface area contributed by atoms with E-state index in [0.29, 0.717) is 81.9 Å². The van der Waals surface area contributed by atoms with Crippen LogP contribution in [0.15, 0.2) is 219 Å². The minimum absolute atomic E-state index is 0.0372. The molecular weight excluding hydrogens is 1250 g/mol. The van der Waals surface area contributed by atoms with Gasteiger partial charge in [-0.25, -0.2) is 14.3 Å². The number of hydrogen-bond acceptors (Lipinski definition) is 14. The Morgan fingerprint density at radius 1 is 0.404 bits per heavy atom. The predicted molar refractivity (Wildman–Crippen MR) is 380 cm³/mol. The van der Waals surface area contributed by atoms with Crippen LogP contribution < -0.4 is 50.4 Å². The van der Waals surface area contributed by atoms with Crippen molar-refractivity contribution in [2.75, 3.05) is 17.2 Å². The van der Waals surface area contributed by atoms with Crippen molar-refractivity contribution in [3.8, 4) is 45.3 Å². The van der Waals surface area contributed by atoms with Crippen LogP contribution in [0.25, 0.3) is 45.3 Å². The molecule has 7 aromatic carbocycles. The summed E-state index contributed by atoms with van der Waals surface area (Å²) in [7, 11) is 0. The van der Waals surface area contributed by atoms with Crippen LogP contribution in [0.5, 0.6) is 0 Å². The van der Waals surface area contributed by atoms with E-state index in [1.54, 1.807) is 65.7 Å². The van der Waals surface area contributed by atoms with Gasteiger partial charge < -0.3 is 50.4 Å². The minimum Gasteiger partial charge on any atom is -0.383 e. The zero-order chi connectivity index (χ0) is 69.9. The van der Waals surface area contributed by atoms with E-state index in [1.165, 1.54) is 20.5 Å². The fourth-order valence-corrected chi connectivity index (χ4v) is 11.6. The number of rotatable bonds is 18. The number of nitrogens with two attached hydrogens (primary N) is 6. The van der Waals surface area contributed by atoms with Gasteiger partial charge in [0.2, 0.25) is 0 Å². The van der Waals surface area contributed by atoms with Crippen molar-refractivity contribution in [1.29, 1.82) is 0 Å². The number of nitrogens with one attached hydrogen (secondary N) is 3. The Hall–Kier alpha value is -13.3. The van der Waals surface area contributed by atoms with Crippen molar-refractivity contribution < 1.29 is 28.8 Å². The summed E-state index contributed by atoms with van der Waals surface area (Å²) in [6, 6.07) is 61.7. The molecule has 1 aliphatic carbocycles. The maximum Gasteiger partial charge on any atom is 0.254 e. The van der Waals surface area contributed by atoms with Gasteiger partial charge in [0.15, 0.2) is 5.82 Å². The SMILES string of the molecule is Cc1ccccc1C(=O)NCc1ccc(-c2nn(-c3ccccn3)c(N)c2C(N)=O)cc1.Cc1ccccc1C(=O)NCc1ccc(-c2nn(-c3ccncc3)c(N)c2C(N)=O)cc1.Cc1ccccc1C(=O)NCc1ccc(-c2nn(C3Cc4ccccc4C3)c(N)c2C(N)=O)cc1. The lowest BCUT2D eigenvalue weighted by molar-refractivity contribution is 0.0942. The molecule has 0 bridgehead atoms. The van der Waals surface area contributed by atoms with Gasteiger partial charge in [-0.05, 0) is 121 Å². The average Bonchev–Trinajstić information content (AvgIpc) is 1.64. The molecule has 0 atom stereocenters. The van der Waals surface area contributed by atoms with Gasteiger partial charge in [0.25, 0.3) is 35.4 Å². The Morgan fingerprint density at radius 2 is 0.758 bits per heavy atom. The van der Waals surface area contributed by atoms with Crippen molar-refractivity contribution >= 4 is 52.9 Å². The van der Waals surface area contributed by atoms with Crippen molar-refractivity contribution in [2.45, 2.75) is 59.3 Å². The standard InChI is InChI=1S/C28H27N5O2.2C24H22N6O2/c1-17-6-2-5-9-23(17)28(35)31-16-18-10-12-19(13-11-18)25-24(27(30)34)26(29)33(32-25)22-14-20-7-3-4-8-21(20)15-22;1-15-6-2-3-7-18(15)24(32)28-14-16-9-11-17(12-10-16)21-20(23(26)31)22(25)30(29-21)19-8-4-5-13-27-19;1-15-4-2-3-5-19(15)24(32)28-14-16-6-8-17(9-7-16)21-20(23(26)31)22(25)30(29-21)18-10-12-27-13-11-18/h2-13,22H,14-16,29H2,1H3,(H2,30,34)(H,31,35);2*2-13H,14,25H2,1H3,(H2,26,31)(H,28,32). The smallest absolute Gasteiger partial charge is 0.254 e. The largest absolute Gasteiger partial charge is 0.383 e. The van der Waals surface area contributed by atoms with E-state index in [1.807, 2.05) is 166 Å². The molecule has 13 rings (SSSR count). The summed E-state index contributed by atoms with van der Waals surface area (Å²) in [6.07, 6.45) is 6.44. The highest BCUT2D eigenvalue weighted by Gasteiger charge is 2.30. The zero-order valence-electron chi connectivity index (χ0n) is 54.4. The van der Waals surface area contributed by atoms with Crippen molar-refractivity contribution in [3.05, 3.63) is 297 Å². The lowest BCUT2D eigenvalue weighted by Gasteiger charge is -2.12. The number of fused-ring (bicyclic) bond motifs is 1. The summed E-state index contributed by atoms with van der Waals surface area (Å²) in [5, 5.41) is 22.5. The average molecular weight is 1320 g/mol. The molecule has 99 heavy (non-hydrogen) atoms. The maximum absolute atomic E-state index is 12.5. The summed E-state index contributed by atoms with van der Waals surface area (Å²) in [4.78, 5) is 82.1. The van der Waals surface area contributed by atoms with Gasteiger partial charge in [0.1, 0.15) is 51.2 Å². The molecule has 1 aliphatic rings. The molecule has 6 amide bonds. The number of benzene rings is 7. The molecule has 23 heteroatoms. The van der Waals surface area contributed by atoms with E-state index < -0.39 is 17.7 Å². The highest BCUT2D eigenvalue weighted by atomic mass is 16.2. The number of pyridine rings is 2. The number of nitrogens with zero attached hydrogens (tertiary/aromatic N) is 8. The third-order valence-corrected chi connectivity index (χ3v) is 16.9. The van der Waals surface area contributed by atoms with E-state index in [0.717, 1.165) is 51.8 Å². The summed E-state index contributed by atoms with van der Waals surface area (Å²) >= 11 is 0. The molecule has 5 heterocycles. The molecule has 0 saturated carbocycles. The lowest BCUT2D eigenvalue weighted by Crippen LogP contribution is -2.23. The van der Waals surface area contributed by atoms with Crippen molar-refractivity contribution in [3.63, 3.8) is 0 Å². The second kappa shape index (κ2) is 30.0. The number of anilines is 3. The molecular formula is C76H71N17O6. The summed E-state index contributed by atoms with van der Waals surface area (Å²) in [5.74, 6) is -1.26. The zero-order valence-corrected chi connectivity index (χ0v) is 54.4. The molecule has 15 N–H and O–H groups in total. The first-order valence-electron chi connectivity index (χ1n) is 31.6. The molecule has 0 aliphatic heterocycles. The van der Waals surface area contributed by atoms with Gasteiger partial charge in [-0.1, -0.05) is 158 Å². The van der Waals surface area contributed by atoms with Crippen LogP contribution in [-0.2, 0) is 32.5 Å². The Balaban J connectivity index is 0.000000150. The number of hydrogen-bond donors (Lipinski definition) is 9. The third-order valence-electron chi connectivity index (χ3n) is 16.9. The number of primary amides is 3. The summed E-state index contributed by atoms with van der Waals surface area (Å²) in [6.45, 7) is 6.82. The number of amides is 6. The summed E-state index contributed by atoms with van der Waals surface area (Å²) in [5.41, 5.74) is 50.1. The van der Waals surface area contributed by atoms with Gasteiger partial charge in [0, 0.05) is 71.6 Å². The fourth-order valence-electron chi connectivity index (χ4n) is 11.6. The van der Waals surface area contributed by atoms with Gasteiger partial charge in [0.05, 0.1) is 11.7 Å². The van der Waals surface area contributed by atoms with E-state index in [9.17, 15) is 28.8 Å². The predicted octanol–water partition coefficient (Wildman–Crippen LogP) is 9.52. The Bertz CT molecular complexity index is 4740. The lowest BCUT2D eigenvalue weighted by atomic mass is 10.0. The molecule has 0 radical (unpaired) electrons. The molecule has 0 saturated heterocycles. The minimum atomic E-state index is -0.672. The first-order chi connectivity index (χ1) is 47.8. The summed E-state index contributed by atoms with van der Waals surface area (Å²) < 4.78 is 4.60. The Kier molecular flexibility index (Phi) is 20.3. The highest BCUT2D eigenvalue weighted by Crippen LogP contribution is 2.36. The van der Waals surface area contributed by atoms with E-state index in [-0.39, 0.29) is 52.1 Å². The number of nitrogen functional groups attached to an aromatic ring is 3. The van der Waals surface area contributed by atoms with Crippen LogP contribution in [0.3, 0.4) is 0 Å². The first-order valence-corrected chi connectivity index (χ1v) is 31.6. The van der Waals surface area contributed by atoms with Crippen LogP contribution in [-0.4, -0.2) is 74.8 Å². The van der Waals surface area contributed by atoms with Crippen LogP contribution in [0, 0.1) is 20.8 Å². The van der Waals surface area contributed by atoms with Crippen LogP contribution in [0.1, 0.15) is 113 Å². The van der Waals surface area contributed by atoms with Crippen LogP contribution in [0.2, 0.25) is 0 Å². The normalized spacial score (nSPS) is 11.5. The second-order valence-electron chi connectivity index (χ2n) is 23.5. The number of aromatic nitrogens is 8.